The average molecular weight is 227 g/mol. The van der Waals surface area contributed by atoms with Crippen molar-refractivity contribution in [3.05, 3.63) is 0 Å². The van der Waals surface area contributed by atoms with E-state index in [-0.39, 0.29) is 12.6 Å². The van der Waals surface area contributed by atoms with Gasteiger partial charge in [-0.1, -0.05) is 12.8 Å². The van der Waals surface area contributed by atoms with E-state index in [1.807, 2.05) is 6.07 Å². The molecule has 6 heteroatoms. The van der Waals surface area contributed by atoms with Crippen molar-refractivity contribution in [3.63, 3.8) is 0 Å². The summed E-state index contributed by atoms with van der Waals surface area (Å²) in [7, 11) is -3.57. The molecule has 1 saturated carbocycles. The van der Waals surface area contributed by atoms with Crippen molar-refractivity contribution in [3.8, 4) is 12.1 Å². The van der Waals surface area contributed by atoms with Crippen molar-refractivity contribution in [1.82, 2.24) is 4.31 Å². The number of nitrogens with zero attached hydrogens (tertiary/aromatic N) is 3. The minimum atomic E-state index is -3.57. The third-order valence-corrected chi connectivity index (χ3v) is 4.20. The van der Waals surface area contributed by atoms with Crippen LogP contribution < -0.4 is 0 Å². The smallest absolute Gasteiger partial charge is 0.211 e. The fourth-order valence-electron chi connectivity index (χ4n) is 1.88. The quantitative estimate of drug-likeness (QED) is 0.658. The predicted octanol–water partition coefficient (Wildman–Crippen LogP) is 0.608. The van der Waals surface area contributed by atoms with E-state index in [2.05, 4.69) is 0 Å². The fourth-order valence-corrected chi connectivity index (χ4v) is 3.13. The van der Waals surface area contributed by atoms with Crippen LogP contribution in [0.3, 0.4) is 0 Å². The molecule has 0 saturated heterocycles. The molecule has 0 aliphatic heterocycles. The number of sulfonamides is 1. The minimum absolute atomic E-state index is 0.0806. The molecule has 0 atom stereocenters. The van der Waals surface area contributed by atoms with E-state index in [0.29, 0.717) is 0 Å². The molecule has 0 aromatic rings. The number of rotatable bonds is 4. The summed E-state index contributed by atoms with van der Waals surface area (Å²) in [5.41, 5.74) is 0. The highest BCUT2D eigenvalue weighted by Gasteiger charge is 2.31. The summed E-state index contributed by atoms with van der Waals surface area (Å²) in [5, 5.41) is 17.0. The van der Waals surface area contributed by atoms with E-state index >= 15 is 0 Å². The largest absolute Gasteiger partial charge is 0.228 e. The first-order valence-corrected chi connectivity index (χ1v) is 6.46. The first-order chi connectivity index (χ1) is 7.11. The fraction of sp³-hybridized carbons (Fsp3) is 0.778. The molecule has 0 bridgehead atoms. The van der Waals surface area contributed by atoms with Gasteiger partial charge in [-0.15, -0.1) is 0 Å². The Morgan fingerprint density at radius 1 is 1.20 bits per heavy atom. The Morgan fingerprint density at radius 3 is 2.27 bits per heavy atom. The third kappa shape index (κ3) is 2.92. The van der Waals surface area contributed by atoms with Crippen LogP contribution in [0.4, 0.5) is 0 Å². The summed E-state index contributed by atoms with van der Waals surface area (Å²) in [5.74, 6) is -0.537. The normalized spacial score (nSPS) is 17.5. The van der Waals surface area contributed by atoms with E-state index < -0.39 is 15.8 Å². The Morgan fingerprint density at radius 2 is 1.80 bits per heavy atom. The third-order valence-electron chi connectivity index (χ3n) is 2.56. The second-order valence-electron chi connectivity index (χ2n) is 3.56. The maximum absolute atomic E-state index is 11.7. The molecule has 0 aromatic heterocycles. The Balaban J connectivity index is 2.83. The lowest BCUT2D eigenvalue weighted by molar-refractivity contribution is 0.351. The van der Waals surface area contributed by atoms with E-state index in [1.165, 1.54) is 4.31 Å². The summed E-state index contributed by atoms with van der Waals surface area (Å²) in [6, 6.07) is 3.40. The summed E-state index contributed by atoms with van der Waals surface area (Å²) in [4.78, 5) is 0. The molecule has 0 unspecified atom stereocenters. The molecule has 1 aliphatic carbocycles. The summed E-state index contributed by atoms with van der Waals surface area (Å²) in [6.07, 6.45) is 3.59. The minimum Gasteiger partial charge on any atom is -0.211 e. The molecular weight excluding hydrogens is 214 g/mol. The van der Waals surface area contributed by atoms with Crippen LogP contribution in [0.1, 0.15) is 25.7 Å². The lowest BCUT2D eigenvalue weighted by Crippen LogP contribution is -2.40. The molecule has 0 amide bonds. The van der Waals surface area contributed by atoms with Gasteiger partial charge >= 0.3 is 0 Å². The van der Waals surface area contributed by atoms with Gasteiger partial charge in [-0.3, -0.25) is 0 Å². The van der Waals surface area contributed by atoms with Crippen LogP contribution in [0.5, 0.6) is 0 Å². The van der Waals surface area contributed by atoms with Gasteiger partial charge in [-0.25, -0.2) is 8.42 Å². The molecule has 1 fully saturated rings. The van der Waals surface area contributed by atoms with Crippen molar-refractivity contribution in [2.75, 3.05) is 12.3 Å². The molecule has 0 N–H and O–H groups in total. The van der Waals surface area contributed by atoms with Crippen LogP contribution in [0, 0.1) is 22.7 Å². The van der Waals surface area contributed by atoms with Crippen LogP contribution >= 0.6 is 0 Å². The molecule has 1 aliphatic rings. The summed E-state index contributed by atoms with van der Waals surface area (Å²) in [6.45, 7) is -0.144. The van der Waals surface area contributed by atoms with Gasteiger partial charge in [0.25, 0.3) is 0 Å². The van der Waals surface area contributed by atoms with Gasteiger partial charge in [0.05, 0.1) is 12.1 Å². The Hall–Kier alpha value is -1.11. The Kier molecular flexibility index (Phi) is 4.07. The van der Waals surface area contributed by atoms with Crippen LogP contribution in [-0.2, 0) is 10.0 Å². The molecule has 0 aromatic carbocycles. The van der Waals surface area contributed by atoms with Crippen molar-refractivity contribution in [1.29, 1.82) is 10.5 Å². The lowest BCUT2D eigenvalue weighted by atomic mass is 10.2. The monoisotopic (exact) mass is 227 g/mol. The molecule has 5 nitrogen and oxygen atoms in total. The molecule has 15 heavy (non-hydrogen) atoms. The Bertz CT molecular complexity index is 385. The van der Waals surface area contributed by atoms with E-state index in [1.54, 1.807) is 6.07 Å². The van der Waals surface area contributed by atoms with Crippen LogP contribution in [-0.4, -0.2) is 31.1 Å². The number of hydrogen-bond acceptors (Lipinski definition) is 4. The first-order valence-electron chi connectivity index (χ1n) is 4.85. The van der Waals surface area contributed by atoms with E-state index in [0.717, 1.165) is 25.7 Å². The topological polar surface area (TPSA) is 85.0 Å². The maximum Gasteiger partial charge on any atom is 0.228 e. The molecule has 0 spiro atoms. The van der Waals surface area contributed by atoms with Gasteiger partial charge in [0, 0.05) is 6.04 Å². The van der Waals surface area contributed by atoms with Crippen molar-refractivity contribution in [2.24, 2.45) is 0 Å². The van der Waals surface area contributed by atoms with Gasteiger partial charge in [0.1, 0.15) is 6.54 Å². The van der Waals surface area contributed by atoms with Gasteiger partial charge < -0.3 is 0 Å². The van der Waals surface area contributed by atoms with Crippen molar-refractivity contribution in [2.45, 2.75) is 31.7 Å². The highest BCUT2D eigenvalue weighted by Crippen LogP contribution is 2.25. The van der Waals surface area contributed by atoms with Crippen molar-refractivity contribution < 1.29 is 8.42 Å². The second kappa shape index (κ2) is 5.11. The second-order valence-corrected chi connectivity index (χ2v) is 5.48. The molecule has 1 rings (SSSR count). The molecular formula is C9H13N3O2S. The Labute approximate surface area is 90.0 Å². The average Bonchev–Trinajstić information content (AvgIpc) is 2.66. The molecule has 0 heterocycles. The van der Waals surface area contributed by atoms with Gasteiger partial charge in [0.15, 0.2) is 5.75 Å². The van der Waals surface area contributed by atoms with Crippen molar-refractivity contribution >= 4 is 10.0 Å². The molecule has 82 valence electrons. The van der Waals surface area contributed by atoms with E-state index in [4.69, 9.17) is 10.5 Å². The summed E-state index contributed by atoms with van der Waals surface area (Å²) < 4.78 is 24.5. The highest BCUT2D eigenvalue weighted by atomic mass is 32.2. The highest BCUT2D eigenvalue weighted by molar-refractivity contribution is 7.89. The van der Waals surface area contributed by atoms with Crippen LogP contribution in [0.2, 0.25) is 0 Å². The van der Waals surface area contributed by atoms with Gasteiger partial charge in [0.2, 0.25) is 10.0 Å². The SMILES string of the molecule is N#CCN(C1CCCC1)S(=O)(=O)CC#N. The standard InChI is InChI=1S/C9H13N3O2S/c10-5-7-12(9-3-1-2-4-9)15(13,14)8-6-11/h9H,1-4,7-8H2. The maximum atomic E-state index is 11.7. The lowest BCUT2D eigenvalue weighted by Gasteiger charge is -2.24. The summed E-state index contributed by atoms with van der Waals surface area (Å²) >= 11 is 0. The number of hydrogen-bond donors (Lipinski definition) is 0. The zero-order valence-electron chi connectivity index (χ0n) is 8.39. The zero-order valence-corrected chi connectivity index (χ0v) is 9.20. The first kappa shape index (κ1) is 12.0. The predicted molar refractivity (Wildman–Crippen MR) is 54.0 cm³/mol. The van der Waals surface area contributed by atoms with E-state index in [9.17, 15) is 8.42 Å². The molecule has 0 radical (unpaired) electrons. The van der Waals surface area contributed by atoms with Crippen LogP contribution in [0.15, 0.2) is 0 Å². The van der Waals surface area contributed by atoms with Crippen LogP contribution in [0.25, 0.3) is 0 Å². The number of nitriles is 2. The van der Waals surface area contributed by atoms with Gasteiger partial charge in [-0.05, 0) is 12.8 Å². The zero-order chi connectivity index (χ0) is 11.3. The van der Waals surface area contributed by atoms with Gasteiger partial charge in [-0.2, -0.15) is 14.8 Å².